The van der Waals surface area contributed by atoms with Gasteiger partial charge in [0.05, 0.1) is 5.00 Å². The molecule has 3 heteroatoms. The van der Waals surface area contributed by atoms with Gasteiger partial charge in [-0.2, -0.15) is 0 Å². The number of hydrogen-bond donors (Lipinski definition) is 1. The fraction of sp³-hybridized carbons (Fsp3) is 0.250. The number of rotatable bonds is 1. The van der Waals surface area contributed by atoms with Gasteiger partial charge in [0.1, 0.15) is 0 Å². The van der Waals surface area contributed by atoms with Crippen LogP contribution in [0.15, 0.2) is 24.5 Å². The largest absolute Gasteiger partial charge is 0.390 e. The van der Waals surface area contributed by atoms with Crippen LogP contribution < -0.4 is 5.73 Å². The summed E-state index contributed by atoms with van der Waals surface area (Å²) in [7, 11) is 0. The summed E-state index contributed by atoms with van der Waals surface area (Å²) in [6, 6.07) is 4.08. The first-order chi connectivity index (χ1) is 7.36. The minimum atomic E-state index is 0.964. The molecule has 3 rings (SSSR count). The number of thiophene rings is 1. The highest BCUT2D eigenvalue weighted by Crippen LogP contribution is 2.42. The summed E-state index contributed by atoms with van der Waals surface area (Å²) in [6.07, 6.45) is 7.32. The molecule has 2 aromatic rings. The van der Waals surface area contributed by atoms with E-state index in [4.69, 9.17) is 5.73 Å². The van der Waals surface area contributed by atoms with Gasteiger partial charge in [-0.25, -0.2) is 0 Å². The van der Waals surface area contributed by atoms with E-state index in [0.29, 0.717) is 0 Å². The topological polar surface area (TPSA) is 38.9 Å². The molecule has 0 spiro atoms. The number of pyridine rings is 1. The molecular formula is C12H12N2S. The first-order valence-corrected chi connectivity index (χ1v) is 5.98. The van der Waals surface area contributed by atoms with Crippen LogP contribution in [0.4, 0.5) is 5.00 Å². The minimum absolute atomic E-state index is 0.964. The van der Waals surface area contributed by atoms with Gasteiger partial charge in [0.25, 0.3) is 0 Å². The Balaban J connectivity index is 2.20. The van der Waals surface area contributed by atoms with E-state index in [0.717, 1.165) is 5.00 Å². The molecule has 0 saturated carbocycles. The van der Waals surface area contributed by atoms with E-state index in [1.54, 1.807) is 11.3 Å². The smallest absolute Gasteiger partial charge is 0.0941 e. The maximum absolute atomic E-state index is 6.08. The number of anilines is 1. The average Bonchev–Trinajstić information content (AvgIpc) is 2.78. The van der Waals surface area contributed by atoms with Gasteiger partial charge < -0.3 is 5.73 Å². The quantitative estimate of drug-likeness (QED) is 0.796. The monoisotopic (exact) mass is 216 g/mol. The van der Waals surface area contributed by atoms with Gasteiger partial charge in [0.2, 0.25) is 0 Å². The second kappa shape index (κ2) is 3.35. The van der Waals surface area contributed by atoms with E-state index in [1.165, 1.54) is 40.8 Å². The first-order valence-electron chi connectivity index (χ1n) is 5.16. The Morgan fingerprint density at radius 1 is 1.20 bits per heavy atom. The highest BCUT2D eigenvalue weighted by atomic mass is 32.1. The molecule has 0 fully saturated rings. The van der Waals surface area contributed by atoms with Crippen LogP contribution in [0.1, 0.15) is 16.9 Å². The van der Waals surface area contributed by atoms with Crippen LogP contribution in [-0.2, 0) is 12.8 Å². The summed E-state index contributed by atoms with van der Waals surface area (Å²) in [5, 5.41) is 0.964. The van der Waals surface area contributed by atoms with Gasteiger partial charge in [-0.15, -0.1) is 11.3 Å². The molecule has 76 valence electrons. The molecular weight excluding hydrogens is 204 g/mol. The lowest BCUT2D eigenvalue weighted by atomic mass is 10.0. The Morgan fingerprint density at radius 3 is 2.80 bits per heavy atom. The molecule has 0 radical (unpaired) electrons. The van der Waals surface area contributed by atoms with E-state index in [2.05, 4.69) is 4.98 Å². The number of hydrogen-bond acceptors (Lipinski definition) is 3. The third kappa shape index (κ3) is 1.35. The Bertz CT molecular complexity index is 488. The SMILES string of the molecule is Nc1sc2c(c1-c1ccncc1)CCC2. The molecule has 0 atom stereocenters. The summed E-state index contributed by atoms with van der Waals surface area (Å²) in [5.41, 5.74) is 10.0. The molecule has 2 nitrogen and oxygen atoms in total. The van der Waals surface area contributed by atoms with Crippen molar-refractivity contribution >= 4 is 16.3 Å². The van der Waals surface area contributed by atoms with Crippen molar-refractivity contribution in [3.05, 3.63) is 35.0 Å². The lowest BCUT2D eigenvalue weighted by molar-refractivity contribution is 0.915. The zero-order valence-electron chi connectivity index (χ0n) is 8.36. The fourth-order valence-corrected chi connectivity index (χ4v) is 3.44. The van der Waals surface area contributed by atoms with Crippen molar-refractivity contribution in [3.63, 3.8) is 0 Å². The van der Waals surface area contributed by atoms with Gasteiger partial charge in [-0.1, -0.05) is 0 Å². The van der Waals surface area contributed by atoms with Crippen molar-refractivity contribution in [1.29, 1.82) is 0 Å². The molecule has 0 aromatic carbocycles. The molecule has 0 aliphatic heterocycles. The molecule has 0 amide bonds. The van der Waals surface area contributed by atoms with Crippen molar-refractivity contribution in [2.24, 2.45) is 0 Å². The third-order valence-corrected chi connectivity index (χ3v) is 4.04. The lowest BCUT2D eigenvalue weighted by Crippen LogP contribution is -1.88. The highest BCUT2D eigenvalue weighted by Gasteiger charge is 2.21. The van der Waals surface area contributed by atoms with Crippen molar-refractivity contribution in [3.8, 4) is 11.1 Å². The van der Waals surface area contributed by atoms with Crippen LogP contribution in [0.25, 0.3) is 11.1 Å². The molecule has 1 aliphatic carbocycles. The van der Waals surface area contributed by atoms with Crippen LogP contribution in [0.5, 0.6) is 0 Å². The van der Waals surface area contributed by atoms with Gasteiger partial charge in [0.15, 0.2) is 0 Å². The predicted octanol–water partition coefficient (Wildman–Crippen LogP) is 2.88. The first kappa shape index (κ1) is 8.92. The minimum Gasteiger partial charge on any atom is -0.390 e. The molecule has 2 heterocycles. The fourth-order valence-electron chi connectivity index (χ4n) is 2.26. The number of aryl methyl sites for hydroxylation is 1. The van der Waals surface area contributed by atoms with Crippen molar-refractivity contribution in [2.75, 3.05) is 5.73 Å². The molecule has 2 N–H and O–H groups in total. The normalized spacial score (nSPS) is 14.1. The van der Waals surface area contributed by atoms with E-state index in [1.807, 2.05) is 24.5 Å². The number of nitrogens with zero attached hydrogens (tertiary/aromatic N) is 1. The summed E-state index contributed by atoms with van der Waals surface area (Å²) < 4.78 is 0. The van der Waals surface area contributed by atoms with E-state index in [9.17, 15) is 0 Å². The van der Waals surface area contributed by atoms with Gasteiger partial charge in [0, 0.05) is 22.8 Å². The summed E-state index contributed by atoms with van der Waals surface area (Å²) in [4.78, 5) is 5.53. The van der Waals surface area contributed by atoms with Gasteiger partial charge in [-0.05, 0) is 42.5 Å². The van der Waals surface area contributed by atoms with Gasteiger partial charge >= 0.3 is 0 Å². The summed E-state index contributed by atoms with van der Waals surface area (Å²) >= 11 is 1.76. The Labute approximate surface area is 92.8 Å². The maximum Gasteiger partial charge on any atom is 0.0941 e. The molecule has 0 saturated heterocycles. The average molecular weight is 216 g/mol. The van der Waals surface area contributed by atoms with Crippen LogP contribution in [-0.4, -0.2) is 4.98 Å². The molecule has 15 heavy (non-hydrogen) atoms. The number of aromatic nitrogens is 1. The highest BCUT2D eigenvalue weighted by molar-refractivity contribution is 7.16. The molecule has 1 aliphatic rings. The third-order valence-electron chi connectivity index (χ3n) is 2.92. The lowest BCUT2D eigenvalue weighted by Gasteiger charge is -2.02. The van der Waals surface area contributed by atoms with Crippen molar-refractivity contribution < 1.29 is 0 Å². The number of nitrogens with two attached hydrogens (primary N) is 1. The molecule has 0 bridgehead atoms. The van der Waals surface area contributed by atoms with E-state index >= 15 is 0 Å². The van der Waals surface area contributed by atoms with Crippen molar-refractivity contribution in [2.45, 2.75) is 19.3 Å². The maximum atomic E-state index is 6.08. The second-order valence-corrected chi connectivity index (χ2v) is 4.97. The Kier molecular flexibility index (Phi) is 1.99. The molecule has 2 aromatic heterocycles. The van der Waals surface area contributed by atoms with E-state index in [-0.39, 0.29) is 0 Å². The summed E-state index contributed by atoms with van der Waals surface area (Å²) in [5.74, 6) is 0. The zero-order chi connectivity index (χ0) is 10.3. The molecule has 0 unspecified atom stereocenters. The number of fused-ring (bicyclic) bond motifs is 1. The van der Waals surface area contributed by atoms with Crippen molar-refractivity contribution in [1.82, 2.24) is 4.98 Å². The number of nitrogen functional groups attached to an aromatic ring is 1. The van der Waals surface area contributed by atoms with E-state index < -0.39 is 0 Å². The van der Waals surface area contributed by atoms with Crippen LogP contribution in [0, 0.1) is 0 Å². The zero-order valence-corrected chi connectivity index (χ0v) is 9.18. The van der Waals surface area contributed by atoms with Crippen LogP contribution in [0.3, 0.4) is 0 Å². The van der Waals surface area contributed by atoms with Crippen LogP contribution >= 0.6 is 11.3 Å². The Hall–Kier alpha value is -1.35. The predicted molar refractivity (Wildman–Crippen MR) is 64.0 cm³/mol. The van der Waals surface area contributed by atoms with Gasteiger partial charge in [-0.3, -0.25) is 4.98 Å². The summed E-state index contributed by atoms with van der Waals surface area (Å²) in [6.45, 7) is 0. The van der Waals surface area contributed by atoms with Crippen LogP contribution in [0.2, 0.25) is 0 Å². The second-order valence-electron chi connectivity index (χ2n) is 3.83. The Morgan fingerprint density at radius 2 is 2.00 bits per heavy atom. The standard InChI is InChI=1S/C12H12N2S/c13-12-11(8-4-6-14-7-5-8)9-2-1-3-10(9)15-12/h4-7H,1-3,13H2.